The van der Waals surface area contributed by atoms with Crippen molar-refractivity contribution < 1.29 is 9.53 Å². The zero-order chi connectivity index (χ0) is 13.6. The number of rotatable bonds is 5. The van der Waals surface area contributed by atoms with Crippen molar-refractivity contribution >= 4 is 19.2 Å². The van der Waals surface area contributed by atoms with Crippen LogP contribution in [0.3, 0.4) is 0 Å². The summed E-state index contributed by atoms with van der Waals surface area (Å²) >= 11 is 0. The van der Waals surface area contributed by atoms with Gasteiger partial charge in [-0.25, -0.2) is 0 Å². The number of hydrogen-bond donors (Lipinski definition) is 0. The molecule has 0 heterocycles. The maximum atomic E-state index is 11.0. The van der Waals surface area contributed by atoms with E-state index in [0.717, 1.165) is 6.04 Å². The van der Waals surface area contributed by atoms with Gasteiger partial charge in [0, 0.05) is 6.92 Å². The first-order chi connectivity index (χ1) is 8.44. The van der Waals surface area contributed by atoms with Crippen molar-refractivity contribution in [3.05, 3.63) is 42.0 Å². The molecule has 0 saturated heterocycles. The summed E-state index contributed by atoms with van der Waals surface area (Å²) < 4.78 is 5.29. The van der Waals surface area contributed by atoms with Crippen molar-refractivity contribution in [2.45, 2.75) is 33.4 Å². The van der Waals surface area contributed by atoms with Crippen LogP contribution >= 0.6 is 0 Å². The second-order valence-electron chi connectivity index (χ2n) is 5.19. The largest absolute Gasteiger partial charge is 0.469 e. The minimum Gasteiger partial charge on any atom is -0.469 e. The second-order valence-corrected chi connectivity index (χ2v) is 9.59. The molecule has 0 spiro atoms. The smallest absolute Gasteiger partial charge is 0.302 e. The van der Waals surface area contributed by atoms with E-state index in [-0.39, 0.29) is 5.97 Å². The normalized spacial score (nSPS) is 13.6. The molecular weight excluding hydrogens is 240 g/mol. The van der Waals surface area contributed by atoms with Gasteiger partial charge in [0.25, 0.3) is 0 Å². The molecular formula is C15H22O2Si. The van der Waals surface area contributed by atoms with Gasteiger partial charge in [0.1, 0.15) is 8.07 Å². The van der Waals surface area contributed by atoms with Crippen molar-refractivity contribution in [3.63, 3.8) is 0 Å². The maximum Gasteiger partial charge on any atom is 0.302 e. The molecule has 98 valence electrons. The Bertz CT molecular complexity index is 421. The maximum absolute atomic E-state index is 11.0. The molecule has 0 amide bonds. The molecule has 1 unspecified atom stereocenters. The molecule has 1 rings (SSSR count). The molecule has 1 atom stereocenters. The van der Waals surface area contributed by atoms with E-state index in [1.54, 1.807) is 0 Å². The number of hydrogen-bond acceptors (Lipinski definition) is 2. The monoisotopic (exact) mass is 262 g/mol. The fourth-order valence-corrected chi connectivity index (χ4v) is 4.69. The molecule has 0 aromatic heterocycles. The summed E-state index contributed by atoms with van der Waals surface area (Å²) in [6, 6.07) is 11.4. The van der Waals surface area contributed by atoms with Crippen LogP contribution in [0.1, 0.15) is 20.8 Å². The van der Waals surface area contributed by atoms with Crippen LogP contribution in [0.5, 0.6) is 0 Å². The topological polar surface area (TPSA) is 26.3 Å². The van der Waals surface area contributed by atoms with Crippen molar-refractivity contribution in [3.8, 4) is 0 Å². The minimum atomic E-state index is -1.77. The standard InChI is InChI=1S/C15H22O2Si/c1-13(2)10-11-18(4,12-17-14(3)16)15-8-6-5-7-9-15/h5-10H,11-12H2,1-4H3. The number of esters is 1. The van der Waals surface area contributed by atoms with Crippen molar-refractivity contribution in [2.75, 3.05) is 6.23 Å². The molecule has 0 aliphatic carbocycles. The first-order valence-electron chi connectivity index (χ1n) is 6.26. The van der Waals surface area contributed by atoms with Gasteiger partial charge in [-0.05, 0) is 19.9 Å². The second kappa shape index (κ2) is 6.54. The lowest BCUT2D eigenvalue weighted by Crippen LogP contribution is -2.49. The van der Waals surface area contributed by atoms with Gasteiger partial charge in [0.05, 0.1) is 6.23 Å². The van der Waals surface area contributed by atoms with Gasteiger partial charge >= 0.3 is 5.97 Å². The Balaban J connectivity index is 2.93. The van der Waals surface area contributed by atoms with Crippen molar-refractivity contribution in [2.24, 2.45) is 0 Å². The van der Waals surface area contributed by atoms with Crippen LogP contribution in [0.25, 0.3) is 0 Å². The molecule has 0 N–H and O–H groups in total. The van der Waals surface area contributed by atoms with Crippen LogP contribution in [0, 0.1) is 0 Å². The third-order valence-corrected chi connectivity index (χ3v) is 6.64. The molecule has 0 aliphatic heterocycles. The zero-order valence-corrected chi connectivity index (χ0v) is 12.7. The fraction of sp³-hybridized carbons (Fsp3) is 0.400. The zero-order valence-electron chi connectivity index (χ0n) is 11.7. The van der Waals surface area contributed by atoms with E-state index in [1.807, 2.05) is 6.07 Å². The van der Waals surface area contributed by atoms with Crippen LogP contribution in [0.2, 0.25) is 12.6 Å². The highest BCUT2D eigenvalue weighted by atomic mass is 28.3. The third-order valence-electron chi connectivity index (χ3n) is 3.03. The van der Waals surface area contributed by atoms with Crippen molar-refractivity contribution in [1.29, 1.82) is 0 Å². The Morgan fingerprint density at radius 1 is 1.22 bits per heavy atom. The van der Waals surface area contributed by atoms with E-state index >= 15 is 0 Å². The highest BCUT2D eigenvalue weighted by molar-refractivity contribution is 6.91. The molecule has 3 heteroatoms. The molecule has 1 aromatic rings. The lowest BCUT2D eigenvalue weighted by Gasteiger charge is -2.26. The summed E-state index contributed by atoms with van der Waals surface area (Å²) in [5, 5.41) is 1.34. The summed E-state index contributed by atoms with van der Waals surface area (Å²) in [5.41, 5.74) is 1.31. The number of carbonyl (C=O) groups excluding carboxylic acids is 1. The van der Waals surface area contributed by atoms with Crippen molar-refractivity contribution in [1.82, 2.24) is 0 Å². The number of carbonyl (C=O) groups is 1. The molecule has 0 saturated carbocycles. The molecule has 0 fully saturated rings. The van der Waals surface area contributed by atoms with Crippen LogP contribution in [-0.4, -0.2) is 20.3 Å². The molecule has 0 aliphatic rings. The summed E-state index contributed by atoms with van der Waals surface area (Å²) in [5.74, 6) is -0.193. The number of ether oxygens (including phenoxy) is 1. The predicted octanol–water partition coefficient (Wildman–Crippen LogP) is 3.04. The lowest BCUT2D eigenvalue weighted by molar-refractivity contribution is -0.139. The third kappa shape index (κ3) is 4.49. The van der Waals surface area contributed by atoms with Crippen LogP contribution in [0.4, 0.5) is 0 Å². The molecule has 1 aromatic carbocycles. The van der Waals surface area contributed by atoms with Crippen LogP contribution < -0.4 is 5.19 Å². The average Bonchev–Trinajstić information content (AvgIpc) is 2.35. The van der Waals surface area contributed by atoms with E-state index in [9.17, 15) is 4.79 Å². The van der Waals surface area contributed by atoms with E-state index in [0.29, 0.717) is 6.23 Å². The number of allylic oxidation sites excluding steroid dienone is 2. The molecule has 18 heavy (non-hydrogen) atoms. The fourth-order valence-electron chi connectivity index (χ4n) is 1.79. The van der Waals surface area contributed by atoms with Gasteiger partial charge in [-0.3, -0.25) is 4.79 Å². The molecule has 0 bridgehead atoms. The summed E-state index contributed by atoms with van der Waals surface area (Å²) in [7, 11) is -1.77. The van der Waals surface area contributed by atoms with Crippen LogP contribution in [-0.2, 0) is 9.53 Å². The van der Waals surface area contributed by atoms with E-state index in [4.69, 9.17) is 4.74 Å². The van der Waals surface area contributed by atoms with Gasteiger partial charge in [0.2, 0.25) is 0 Å². The Kier molecular flexibility index (Phi) is 5.35. The van der Waals surface area contributed by atoms with Gasteiger partial charge in [-0.1, -0.05) is 53.7 Å². The Labute approximate surface area is 111 Å². The quantitative estimate of drug-likeness (QED) is 0.463. The van der Waals surface area contributed by atoms with Gasteiger partial charge in [0.15, 0.2) is 0 Å². The van der Waals surface area contributed by atoms with Gasteiger partial charge in [-0.15, -0.1) is 0 Å². The Hall–Kier alpha value is -1.35. The lowest BCUT2D eigenvalue weighted by atomic mass is 10.3. The molecule has 2 nitrogen and oxygen atoms in total. The van der Waals surface area contributed by atoms with E-state index in [1.165, 1.54) is 17.7 Å². The highest BCUT2D eigenvalue weighted by Crippen LogP contribution is 2.13. The first-order valence-corrected chi connectivity index (χ1v) is 9.18. The number of benzene rings is 1. The average molecular weight is 262 g/mol. The Morgan fingerprint density at radius 2 is 1.83 bits per heavy atom. The van der Waals surface area contributed by atoms with Crippen LogP contribution in [0.15, 0.2) is 42.0 Å². The summed E-state index contributed by atoms with van der Waals surface area (Å²) in [6.07, 6.45) is 2.80. The summed E-state index contributed by atoms with van der Waals surface area (Å²) in [6.45, 7) is 7.95. The van der Waals surface area contributed by atoms with Gasteiger partial charge < -0.3 is 4.74 Å². The molecule has 0 radical (unpaired) electrons. The Morgan fingerprint density at radius 3 is 2.33 bits per heavy atom. The van der Waals surface area contributed by atoms with E-state index < -0.39 is 8.07 Å². The predicted molar refractivity (Wildman–Crippen MR) is 78.6 cm³/mol. The minimum absolute atomic E-state index is 0.193. The van der Waals surface area contributed by atoms with E-state index in [2.05, 4.69) is 50.7 Å². The first kappa shape index (κ1) is 14.7. The summed E-state index contributed by atoms with van der Waals surface area (Å²) in [4.78, 5) is 11.0. The highest BCUT2D eigenvalue weighted by Gasteiger charge is 2.29. The SMILES string of the molecule is CC(=O)OC[Si](C)(CC=C(C)C)c1ccccc1. The van der Waals surface area contributed by atoms with Gasteiger partial charge in [-0.2, -0.15) is 0 Å².